The van der Waals surface area contributed by atoms with Crippen LogP contribution in [0.2, 0.25) is 0 Å². The number of aryl methyl sites for hydroxylation is 1. The molecule has 0 unspecified atom stereocenters. The van der Waals surface area contributed by atoms with E-state index in [1.54, 1.807) is 6.92 Å². The van der Waals surface area contributed by atoms with Gasteiger partial charge in [-0.15, -0.1) is 10.2 Å². The van der Waals surface area contributed by atoms with Gasteiger partial charge in [0, 0.05) is 5.69 Å². The largest absolute Gasteiger partial charge is 0.364 e. The van der Waals surface area contributed by atoms with Crippen LogP contribution in [0, 0.1) is 6.92 Å². The fourth-order valence-corrected chi connectivity index (χ4v) is 2.51. The number of para-hydroxylation sites is 1. The van der Waals surface area contributed by atoms with Crippen molar-refractivity contribution < 1.29 is 0 Å². The fourth-order valence-electron chi connectivity index (χ4n) is 1.77. The normalized spacial score (nSPS) is 10.7. The van der Waals surface area contributed by atoms with Crippen molar-refractivity contribution in [2.24, 2.45) is 0 Å². The quantitative estimate of drug-likeness (QED) is 0.688. The smallest absolute Gasteiger partial charge is 0.333 e. The SMILES string of the molecule is Cc1nn(Cc2nnc(Nc3ccccc3)s2)c(=O)n1N. The van der Waals surface area contributed by atoms with Gasteiger partial charge in [-0.05, 0) is 19.1 Å². The molecule has 3 aromatic rings. The minimum Gasteiger partial charge on any atom is -0.333 e. The summed E-state index contributed by atoms with van der Waals surface area (Å²) in [6.07, 6.45) is 0. The van der Waals surface area contributed by atoms with Crippen LogP contribution in [0.4, 0.5) is 10.8 Å². The Morgan fingerprint density at radius 1 is 1.29 bits per heavy atom. The maximum absolute atomic E-state index is 11.8. The molecule has 0 aliphatic rings. The molecule has 3 rings (SSSR count). The summed E-state index contributed by atoms with van der Waals surface area (Å²) in [7, 11) is 0. The van der Waals surface area contributed by atoms with Crippen LogP contribution in [0.15, 0.2) is 35.1 Å². The number of nitrogen functional groups attached to an aromatic ring is 1. The predicted octanol–water partition coefficient (Wildman–Crippen LogP) is 0.710. The summed E-state index contributed by atoms with van der Waals surface area (Å²) in [4.78, 5) is 11.8. The highest BCUT2D eigenvalue weighted by atomic mass is 32.1. The van der Waals surface area contributed by atoms with Crippen LogP contribution >= 0.6 is 11.3 Å². The lowest BCUT2D eigenvalue weighted by atomic mass is 10.3. The molecule has 0 saturated heterocycles. The maximum Gasteiger partial charge on any atom is 0.364 e. The number of rotatable bonds is 4. The molecule has 0 atom stereocenters. The highest BCUT2D eigenvalue weighted by Crippen LogP contribution is 2.20. The molecule has 2 aromatic heterocycles. The van der Waals surface area contributed by atoms with Crippen molar-refractivity contribution in [3.05, 3.63) is 51.6 Å². The van der Waals surface area contributed by atoms with Crippen molar-refractivity contribution in [2.45, 2.75) is 13.5 Å². The van der Waals surface area contributed by atoms with Crippen LogP contribution in [0.3, 0.4) is 0 Å². The number of anilines is 2. The molecule has 8 nitrogen and oxygen atoms in total. The van der Waals surface area contributed by atoms with Crippen molar-refractivity contribution in [3.8, 4) is 0 Å². The van der Waals surface area contributed by atoms with Gasteiger partial charge in [0.25, 0.3) is 0 Å². The fraction of sp³-hybridized carbons (Fsp3) is 0.167. The maximum atomic E-state index is 11.8. The first-order valence-corrected chi connectivity index (χ1v) is 7.01. The molecule has 1 aromatic carbocycles. The highest BCUT2D eigenvalue weighted by Gasteiger charge is 2.11. The molecule has 0 bridgehead atoms. The number of nitrogens with two attached hydrogens (primary N) is 1. The number of nitrogens with zero attached hydrogens (tertiary/aromatic N) is 5. The van der Waals surface area contributed by atoms with Crippen molar-refractivity contribution in [2.75, 3.05) is 11.2 Å². The molecule has 0 amide bonds. The lowest BCUT2D eigenvalue weighted by Gasteiger charge is -1.99. The van der Waals surface area contributed by atoms with E-state index in [-0.39, 0.29) is 12.2 Å². The average Bonchev–Trinajstić information content (AvgIpc) is 3.01. The van der Waals surface area contributed by atoms with E-state index in [0.717, 1.165) is 10.4 Å². The van der Waals surface area contributed by atoms with Crippen LogP contribution in [-0.2, 0) is 6.54 Å². The third kappa shape index (κ3) is 2.77. The molecule has 0 spiro atoms. The minimum absolute atomic E-state index is 0.248. The van der Waals surface area contributed by atoms with E-state index in [1.165, 1.54) is 16.0 Å². The second kappa shape index (κ2) is 5.37. The molecule has 9 heteroatoms. The van der Waals surface area contributed by atoms with Crippen molar-refractivity contribution in [3.63, 3.8) is 0 Å². The van der Waals surface area contributed by atoms with Gasteiger partial charge in [0.1, 0.15) is 17.4 Å². The summed E-state index contributed by atoms with van der Waals surface area (Å²) in [5, 5.41) is 16.6. The first kappa shape index (κ1) is 13.3. The summed E-state index contributed by atoms with van der Waals surface area (Å²) in [5.74, 6) is 5.99. The molecule has 108 valence electrons. The van der Waals surface area contributed by atoms with Crippen LogP contribution in [0.5, 0.6) is 0 Å². The molecule has 0 aliphatic heterocycles. The van der Waals surface area contributed by atoms with E-state index in [4.69, 9.17) is 5.84 Å². The van der Waals surface area contributed by atoms with Crippen LogP contribution < -0.4 is 16.8 Å². The zero-order valence-corrected chi connectivity index (χ0v) is 12.0. The molecule has 3 N–H and O–H groups in total. The number of hydrogen-bond donors (Lipinski definition) is 2. The Morgan fingerprint density at radius 3 is 2.71 bits per heavy atom. The molecule has 21 heavy (non-hydrogen) atoms. The Bertz CT molecular complexity index is 805. The van der Waals surface area contributed by atoms with Gasteiger partial charge in [-0.3, -0.25) is 0 Å². The van der Waals surface area contributed by atoms with E-state index < -0.39 is 0 Å². The van der Waals surface area contributed by atoms with E-state index in [2.05, 4.69) is 20.6 Å². The van der Waals surface area contributed by atoms with Crippen molar-refractivity contribution in [1.29, 1.82) is 0 Å². The first-order valence-electron chi connectivity index (χ1n) is 6.19. The Balaban J connectivity index is 1.76. The van der Waals surface area contributed by atoms with E-state index >= 15 is 0 Å². The molecule has 0 saturated carbocycles. The van der Waals surface area contributed by atoms with Gasteiger partial charge in [-0.25, -0.2) is 9.48 Å². The number of benzene rings is 1. The summed E-state index contributed by atoms with van der Waals surface area (Å²) < 4.78 is 2.27. The minimum atomic E-state index is -0.375. The van der Waals surface area contributed by atoms with Crippen LogP contribution in [-0.4, -0.2) is 24.7 Å². The van der Waals surface area contributed by atoms with Gasteiger partial charge in [0.15, 0.2) is 0 Å². The summed E-state index contributed by atoms with van der Waals surface area (Å²) in [6.45, 7) is 1.92. The molecular formula is C12H13N7OS. The van der Waals surface area contributed by atoms with Crippen molar-refractivity contribution >= 4 is 22.2 Å². The summed E-state index contributed by atoms with van der Waals surface area (Å²) >= 11 is 1.36. The topological polar surface area (TPSA) is 104 Å². The van der Waals surface area contributed by atoms with Gasteiger partial charge < -0.3 is 11.2 Å². The lowest BCUT2D eigenvalue weighted by Crippen LogP contribution is -2.30. The average molecular weight is 303 g/mol. The standard InChI is InChI=1S/C12H13N7OS/c1-8-17-18(12(20)19(8)13)7-10-15-16-11(21-10)14-9-5-3-2-4-6-9/h2-6H,7,13H2,1H3,(H,14,16). The predicted molar refractivity (Wildman–Crippen MR) is 80.1 cm³/mol. The molecule has 0 fully saturated rings. The Labute approximate surface area is 123 Å². The van der Waals surface area contributed by atoms with Crippen molar-refractivity contribution in [1.82, 2.24) is 24.7 Å². The first-order chi connectivity index (χ1) is 10.1. The van der Waals surface area contributed by atoms with Gasteiger partial charge >= 0.3 is 5.69 Å². The van der Waals surface area contributed by atoms with Crippen LogP contribution in [0.25, 0.3) is 0 Å². The van der Waals surface area contributed by atoms with Gasteiger partial charge in [-0.1, -0.05) is 29.5 Å². The number of aromatic nitrogens is 5. The second-order valence-corrected chi connectivity index (χ2v) is 5.41. The molecule has 0 radical (unpaired) electrons. The Hall–Kier alpha value is -2.68. The van der Waals surface area contributed by atoms with Gasteiger partial charge in [0.05, 0.1) is 0 Å². The zero-order chi connectivity index (χ0) is 14.8. The second-order valence-electron chi connectivity index (χ2n) is 4.35. The molecular weight excluding hydrogens is 290 g/mol. The van der Waals surface area contributed by atoms with E-state index in [1.807, 2.05) is 30.3 Å². The van der Waals surface area contributed by atoms with Crippen LogP contribution in [0.1, 0.15) is 10.8 Å². The van der Waals surface area contributed by atoms with Gasteiger partial charge in [0.2, 0.25) is 5.13 Å². The van der Waals surface area contributed by atoms with E-state index in [0.29, 0.717) is 16.0 Å². The van der Waals surface area contributed by atoms with E-state index in [9.17, 15) is 4.79 Å². The monoisotopic (exact) mass is 303 g/mol. The summed E-state index contributed by atoms with van der Waals surface area (Å²) in [5.41, 5.74) is 0.555. The lowest BCUT2D eigenvalue weighted by molar-refractivity contribution is 0.642. The highest BCUT2D eigenvalue weighted by molar-refractivity contribution is 7.15. The Kier molecular flexibility index (Phi) is 3.40. The molecule has 2 heterocycles. The number of hydrogen-bond acceptors (Lipinski definition) is 7. The van der Waals surface area contributed by atoms with Gasteiger partial charge in [-0.2, -0.15) is 9.77 Å². The summed E-state index contributed by atoms with van der Waals surface area (Å²) in [6, 6.07) is 9.67. The molecule has 0 aliphatic carbocycles. The number of nitrogens with one attached hydrogen (secondary N) is 1. The third-order valence-electron chi connectivity index (χ3n) is 2.82. The zero-order valence-electron chi connectivity index (χ0n) is 11.2. The Morgan fingerprint density at radius 2 is 2.05 bits per heavy atom. The third-order valence-corrected chi connectivity index (χ3v) is 3.64.